The molecule has 0 aromatic carbocycles. The zero-order valence-electron chi connectivity index (χ0n) is 11.4. The molecule has 5 atom stereocenters. The van der Waals surface area contributed by atoms with Gasteiger partial charge in [-0.05, 0) is 55.8 Å². The van der Waals surface area contributed by atoms with Crippen LogP contribution in [0.3, 0.4) is 0 Å². The van der Waals surface area contributed by atoms with Crippen LogP contribution in [0.15, 0.2) is 0 Å². The minimum Gasteiger partial charge on any atom is -0.461 e. The standard InChI is InChI=1S/C15H26O2/c1-4-12-7-13-6-11(3)15(5-2,17-10-16)14(8-12)9-13/h10-14H,4-9H2,1-3H3. The van der Waals surface area contributed by atoms with Crippen molar-refractivity contribution in [1.29, 1.82) is 0 Å². The largest absolute Gasteiger partial charge is 0.461 e. The van der Waals surface area contributed by atoms with Gasteiger partial charge in [0.05, 0.1) is 0 Å². The van der Waals surface area contributed by atoms with Gasteiger partial charge in [0.25, 0.3) is 6.47 Å². The summed E-state index contributed by atoms with van der Waals surface area (Å²) in [6.45, 7) is 7.44. The summed E-state index contributed by atoms with van der Waals surface area (Å²) in [6, 6.07) is 0. The molecule has 5 unspecified atom stereocenters. The molecule has 2 aliphatic carbocycles. The predicted octanol–water partition coefficient (Wildman–Crippen LogP) is 3.79. The lowest BCUT2D eigenvalue weighted by molar-refractivity contribution is -0.176. The Hall–Kier alpha value is -0.530. The van der Waals surface area contributed by atoms with Crippen molar-refractivity contribution in [3.05, 3.63) is 0 Å². The lowest BCUT2D eigenvalue weighted by atomic mass is 9.56. The van der Waals surface area contributed by atoms with Gasteiger partial charge in [-0.2, -0.15) is 0 Å². The maximum absolute atomic E-state index is 10.9. The quantitative estimate of drug-likeness (QED) is 0.696. The van der Waals surface area contributed by atoms with Crippen LogP contribution in [0.4, 0.5) is 0 Å². The first-order chi connectivity index (χ1) is 8.16. The monoisotopic (exact) mass is 238 g/mol. The van der Waals surface area contributed by atoms with E-state index in [1.807, 2.05) is 0 Å². The Labute approximate surface area is 105 Å². The topological polar surface area (TPSA) is 26.3 Å². The van der Waals surface area contributed by atoms with Gasteiger partial charge in [-0.25, -0.2) is 0 Å². The molecule has 2 heteroatoms. The van der Waals surface area contributed by atoms with E-state index in [0.29, 0.717) is 18.3 Å². The number of fused-ring (bicyclic) bond motifs is 2. The molecular formula is C15H26O2. The molecular weight excluding hydrogens is 212 g/mol. The van der Waals surface area contributed by atoms with Gasteiger partial charge in [0.1, 0.15) is 5.60 Å². The Morgan fingerprint density at radius 2 is 2.00 bits per heavy atom. The van der Waals surface area contributed by atoms with Crippen LogP contribution >= 0.6 is 0 Å². The molecule has 17 heavy (non-hydrogen) atoms. The zero-order chi connectivity index (χ0) is 12.5. The van der Waals surface area contributed by atoms with Crippen LogP contribution in [0, 0.1) is 23.7 Å². The highest BCUT2D eigenvalue weighted by molar-refractivity contribution is 5.39. The molecule has 0 aromatic rings. The van der Waals surface area contributed by atoms with E-state index in [9.17, 15) is 4.79 Å². The second-order valence-electron chi connectivity index (χ2n) is 6.20. The summed E-state index contributed by atoms with van der Waals surface area (Å²) < 4.78 is 5.63. The van der Waals surface area contributed by atoms with Crippen molar-refractivity contribution in [1.82, 2.24) is 0 Å². The molecule has 0 aromatic heterocycles. The highest BCUT2D eigenvalue weighted by Crippen LogP contribution is 2.53. The Balaban J connectivity index is 2.22. The van der Waals surface area contributed by atoms with Gasteiger partial charge in [0, 0.05) is 0 Å². The van der Waals surface area contributed by atoms with Crippen LogP contribution in [-0.4, -0.2) is 12.1 Å². The van der Waals surface area contributed by atoms with E-state index < -0.39 is 0 Å². The summed E-state index contributed by atoms with van der Waals surface area (Å²) >= 11 is 0. The normalized spacial score (nSPS) is 45.4. The summed E-state index contributed by atoms with van der Waals surface area (Å²) in [5.74, 6) is 2.86. The molecule has 2 nitrogen and oxygen atoms in total. The van der Waals surface area contributed by atoms with Gasteiger partial charge in [0.2, 0.25) is 0 Å². The SMILES string of the molecule is CCC1CC2CC(C)C(CC)(OC=O)C(C1)C2. The van der Waals surface area contributed by atoms with Gasteiger partial charge in [0.15, 0.2) is 0 Å². The maximum atomic E-state index is 10.9. The molecule has 0 spiro atoms. The molecule has 0 amide bonds. The van der Waals surface area contributed by atoms with Crippen molar-refractivity contribution in [3.63, 3.8) is 0 Å². The van der Waals surface area contributed by atoms with E-state index >= 15 is 0 Å². The average Bonchev–Trinajstić information content (AvgIpc) is 2.34. The molecule has 2 bridgehead atoms. The fraction of sp³-hybridized carbons (Fsp3) is 0.933. The van der Waals surface area contributed by atoms with Crippen molar-refractivity contribution in [2.24, 2.45) is 23.7 Å². The maximum Gasteiger partial charge on any atom is 0.293 e. The van der Waals surface area contributed by atoms with Gasteiger partial charge in [-0.1, -0.05) is 27.2 Å². The minimum atomic E-state index is -0.161. The number of rotatable bonds is 4. The number of carbonyl (C=O) groups is 1. The van der Waals surface area contributed by atoms with Gasteiger partial charge in [-0.3, -0.25) is 4.79 Å². The zero-order valence-corrected chi connectivity index (χ0v) is 11.4. The number of ether oxygens (including phenoxy) is 1. The van der Waals surface area contributed by atoms with Crippen molar-refractivity contribution in [3.8, 4) is 0 Å². The lowest BCUT2D eigenvalue weighted by Gasteiger charge is -2.53. The minimum absolute atomic E-state index is 0.161. The van der Waals surface area contributed by atoms with Crippen LogP contribution in [0.1, 0.15) is 59.3 Å². The predicted molar refractivity (Wildman–Crippen MR) is 68.6 cm³/mol. The third-order valence-corrected chi connectivity index (χ3v) is 5.51. The Kier molecular flexibility index (Phi) is 3.79. The Morgan fingerprint density at radius 3 is 2.59 bits per heavy atom. The van der Waals surface area contributed by atoms with Crippen LogP contribution < -0.4 is 0 Å². The molecule has 0 heterocycles. The molecule has 2 rings (SSSR count). The first kappa shape index (κ1) is 12.9. The molecule has 2 fully saturated rings. The fourth-order valence-electron chi connectivity index (χ4n) is 4.61. The molecule has 0 saturated heterocycles. The second kappa shape index (κ2) is 4.99. The number of carbonyl (C=O) groups excluding carboxylic acids is 1. The van der Waals surface area contributed by atoms with Gasteiger partial charge >= 0.3 is 0 Å². The average molecular weight is 238 g/mol. The summed E-state index contributed by atoms with van der Waals surface area (Å²) in [5, 5.41) is 0. The van der Waals surface area contributed by atoms with E-state index in [1.165, 1.54) is 32.1 Å². The molecule has 2 aliphatic rings. The van der Waals surface area contributed by atoms with Crippen LogP contribution in [-0.2, 0) is 9.53 Å². The number of hydrogen-bond donors (Lipinski definition) is 0. The second-order valence-corrected chi connectivity index (χ2v) is 6.20. The van der Waals surface area contributed by atoms with Crippen molar-refractivity contribution < 1.29 is 9.53 Å². The van der Waals surface area contributed by atoms with Crippen LogP contribution in [0.25, 0.3) is 0 Å². The fourth-order valence-corrected chi connectivity index (χ4v) is 4.61. The third-order valence-electron chi connectivity index (χ3n) is 5.51. The Bertz CT molecular complexity index is 274. The van der Waals surface area contributed by atoms with Crippen LogP contribution in [0.5, 0.6) is 0 Å². The van der Waals surface area contributed by atoms with Crippen LogP contribution in [0.2, 0.25) is 0 Å². The highest BCUT2D eigenvalue weighted by atomic mass is 16.5. The first-order valence-corrected chi connectivity index (χ1v) is 7.27. The van der Waals surface area contributed by atoms with Gasteiger partial charge in [-0.15, -0.1) is 0 Å². The first-order valence-electron chi connectivity index (χ1n) is 7.27. The van der Waals surface area contributed by atoms with Gasteiger partial charge < -0.3 is 4.74 Å². The Morgan fingerprint density at radius 1 is 1.24 bits per heavy atom. The number of hydrogen-bond acceptors (Lipinski definition) is 2. The van der Waals surface area contributed by atoms with Crippen molar-refractivity contribution in [2.75, 3.05) is 0 Å². The molecule has 0 aliphatic heterocycles. The van der Waals surface area contributed by atoms with E-state index in [-0.39, 0.29) is 5.60 Å². The molecule has 0 N–H and O–H groups in total. The van der Waals surface area contributed by atoms with Crippen molar-refractivity contribution >= 4 is 6.47 Å². The third kappa shape index (κ3) is 2.11. The molecule has 2 saturated carbocycles. The summed E-state index contributed by atoms with van der Waals surface area (Å²) in [7, 11) is 0. The van der Waals surface area contributed by atoms with E-state index in [4.69, 9.17) is 4.74 Å². The van der Waals surface area contributed by atoms with E-state index in [0.717, 1.165) is 18.3 Å². The lowest BCUT2D eigenvalue weighted by Crippen LogP contribution is -2.53. The van der Waals surface area contributed by atoms with E-state index in [2.05, 4.69) is 20.8 Å². The summed E-state index contributed by atoms with van der Waals surface area (Å²) in [4.78, 5) is 10.9. The summed E-state index contributed by atoms with van der Waals surface area (Å²) in [6.07, 6.45) is 7.44. The molecule has 0 radical (unpaired) electrons. The smallest absolute Gasteiger partial charge is 0.293 e. The molecule has 98 valence electrons. The highest BCUT2D eigenvalue weighted by Gasteiger charge is 2.51. The summed E-state index contributed by atoms with van der Waals surface area (Å²) in [5.41, 5.74) is -0.161. The van der Waals surface area contributed by atoms with Crippen molar-refractivity contribution in [2.45, 2.75) is 64.9 Å². The van der Waals surface area contributed by atoms with E-state index in [1.54, 1.807) is 0 Å².